The van der Waals surface area contributed by atoms with Crippen LogP contribution in [0.25, 0.3) is 0 Å². The van der Waals surface area contributed by atoms with Crippen LogP contribution in [0.5, 0.6) is 0 Å². The standard InChI is InChI=1S/C15H18BrClN2O.ClH/c1-19(12-7-10-3-4-11(8-12)18-10)15(20)13-6-9(16)2-5-14(13)17;/h2,5-6,10-12,18H,3-4,7-8H2,1H3;1H. The van der Waals surface area contributed by atoms with Crippen molar-refractivity contribution >= 4 is 45.8 Å². The second-order valence-corrected chi connectivity index (χ2v) is 7.13. The number of benzene rings is 1. The van der Waals surface area contributed by atoms with Gasteiger partial charge >= 0.3 is 0 Å². The summed E-state index contributed by atoms with van der Waals surface area (Å²) in [5.41, 5.74) is 0.578. The summed E-state index contributed by atoms with van der Waals surface area (Å²) in [7, 11) is 1.90. The van der Waals surface area contributed by atoms with Gasteiger partial charge in [0.2, 0.25) is 0 Å². The molecule has 2 unspecified atom stereocenters. The molecule has 3 nitrogen and oxygen atoms in total. The van der Waals surface area contributed by atoms with Crippen molar-refractivity contribution < 1.29 is 4.79 Å². The van der Waals surface area contributed by atoms with E-state index in [2.05, 4.69) is 21.2 Å². The topological polar surface area (TPSA) is 32.3 Å². The van der Waals surface area contributed by atoms with Crippen molar-refractivity contribution in [2.24, 2.45) is 0 Å². The van der Waals surface area contributed by atoms with E-state index in [0.29, 0.717) is 28.7 Å². The minimum atomic E-state index is 0. The first-order valence-corrected chi connectivity index (χ1v) is 8.20. The highest BCUT2D eigenvalue weighted by molar-refractivity contribution is 9.10. The monoisotopic (exact) mass is 392 g/mol. The summed E-state index contributed by atoms with van der Waals surface area (Å²) in [5.74, 6) is 0.0163. The van der Waals surface area contributed by atoms with Crippen molar-refractivity contribution in [3.63, 3.8) is 0 Å². The van der Waals surface area contributed by atoms with Crippen molar-refractivity contribution in [3.8, 4) is 0 Å². The van der Waals surface area contributed by atoms with Gasteiger partial charge in [-0.15, -0.1) is 12.4 Å². The van der Waals surface area contributed by atoms with Crippen LogP contribution in [0.4, 0.5) is 0 Å². The number of piperidine rings is 1. The predicted molar refractivity (Wildman–Crippen MR) is 91.5 cm³/mol. The predicted octanol–water partition coefficient (Wildman–Crippen LogP) is 3.88. The minimum Gasteiger partial charge on any atom is -0.339 e. The number of carbonyl (C=O) groups is 1. The highest BCUT2D eigenvalue weighted by Gasteiger charge is 2.36. The molecule has 2 saturated heterocycles. The SMILES string of the molecule is CN(C(=O)c1cc(Br)ccc1Cl)C1CC2CCC(C1)N2.Cl. The van der Waals surface area contributed by atoms with E-state index in [1.54, 1.807) is 12.1 Å². The maximum absolute atomic E-state index is 12.7. The molecule has 0 saturated carbocycles. The van der Waals surface area contributed by atoms with E-state index in [4.69, 9.17) is 11.6 Å². The van der Waals surface area contributed by atoms with E-state index in [-0.39, 0.29) is 18.3 Å². The van der Waals surface area contributed by atoms with E-state index in [1.165, 1.54) is 12.8 Å². The quantitative estimate of drug-likeness (QED) is 0.826. The lowest BCUT2D eigenvalue weighted by molar-refractivity contribution is 0.0682. The molecule has 2 aliphatic rings. The number of nitrogens with one attached hydrogen (secondary N) is 1. The van der Waals surface area contributed by atoms with Gasteiger partial charge in [-0.2, -0.15) is 0 Å². The maximum Gasteiger partial charge on any atom is 0.255 e. The molecule has 6 heteroatoms. The molecule has 0 aromatic heterocycles. The Hall–Kier alpha value is -0.290. The van der Waals surface area contributed by atoms with Crippen LogP contribution in [-0.2, 0) is 0 Å². The average molecular weight is 394 g/mol. The number of halogens is 3. The van der Waals surface area contributed by atoms with Crippen molar-refractivity contribution in [1.82, 2.24) is 10.2 Å². The zero-order valence-corrected chi connectivity index (χ0v) is 15.0. The van der Waals surface area contributed by atoms with Crippen LogP contribution in [0, 0.1) is 0 Å². The molecule has 1 aromatic rings. The van der Waals surface area contributed by atoms with Crippen molar-refractivity contribution in [2.45, 2.75) is 43.8 Å². The van der Waals surface area contributed by atoms with Gasteiger partial charge in [0.05, 0.1) is 10.6 Å². The molecule has 2 fully saturated rings. The summed E-state index contributed by atoms with van der Waals surface area (Å²) >= 11 is 9.56. The molecule has 1 aromatic carbocycles. The Morgan fingerprint density at radius 2 is 1.95 bits per heavy atom. The number of hydrogen-bond donors (Lipinski definition) is 1. The molecule has 1 amide bonds. The van der Waals surface area contributed by atoms with Crippen LogP contribution in [0.1, 0.15) is 36.0 Å². The lowest BCUT2D eigenvalue weighted by atomic mass is 9.98. The molecule has 0 aliphatic carbocycles. The molecule has 1 N–H and O–H groups in total. The Morgan fingerprint density at radius 3 is 2.57 bits per heavy atom. The zero-order valence-electron chi connectivity index (χ0n) is 11.8. The van der Waals surface area contributed by atoms with E-state index < -0.39 is 0 Å². The summed E-state index contributed by atoms with van der Waals surface area (Å²) in [6.45, 7) is 0. The van der Waals surface area contributed by atoms with Crippen LogP contribution in [0.15, 0.2) is 22.7 Å². The number of fused-ring (bicyclic) bond motifs is 2. The normalized spacial score (nSPS) is 27.1. The van der Waals surface area contributed by atoms with Crippen molar-refractivity contribution in [3.05, 3.63) is 33.3 Å². The van der Waals surface area contributed by atoms with E-state index >= 15 is 0 Å². The van der Waals surface area contributed by atoms with Crippen LogP contribution in [-0.4, -0.2) is 36.0 Å². The van der Waals surface area contributed by atoms with Crippen LogP contribution in [0.3, 0.4) is 0 Å². The molecule has 0 radical (unpaired) electrons. The van der Waals surface area contributed by atoms with Crippen molar-refractivity contribution in [2.75, 3.05) is 7.05 Å². The number of hydrogen-bond acceptors (Lipinski definition) is 2. The van der Waals surface area contributed by atoms with Crippen LogP contribution in [0.2, 0.25) is 5.02 Å². The summed E-state index contributed by atoms with van der Waals surface area (Å²) in [6, 6.07) is 6.88. The van der Waals surface area contributed by atoms with Gasteiger partial charge in [0.15, 0.2) is 0 Å². The summed E-state index contributed by atoms with van der Waals surface area (Å²) < 4.78 is 0.879. The smallest absolute Gasteiger partial charge is 0.255 e. The Labute approximate surface area is 144 Å². The molecule has 2 heterocycles. The van der Waals surface area contributed by atoms with Crippen LogP contribution < -0.4 is 5.32 Å². The highest BCUT2D eigenvalue weighted by atomic mass is 79.9. The van der Waals surface area contributed by atoms with Gasteiger partial charge < -0.3 is 10.2 Å². The van der Waals surface area contributed by atoms with Gasteiger partial charge in [-0.1, -0.05) is 27.5 Å². The van der Waals surface area contributed by atoms with Gasteiger partial charge in [-0.05, 0) is 43.9 Å². The Kier molecular flexibility index (Phi) is 5.58. The second-order valence-electron chi connectivity index (χ2n) is 5.80. The first-order chi connectivity index (χ1) is 9.54. The molecular weight excluding hydrogens is 375 g/mol. The van der Waals surface area contributed by atoms with Gasteiger partial charge in [0, 0.05) is 29.6 Å². The van der Waals surface area contributed by atoms with Crippen molar-refractivity contribution in [1.29, 1.82) is 0 Å². The molecule has 116 valence electrons. The third-order valence-electron chi connectivity index (χ3n) is 4.48. The van der Waals surface area contributed by atoms with Gasteiger partial charge in [0.1, 0.15) is 0 Å². The highest BCUT2D eigenvalue weighted by Crippen LogP contribution is 2.31. The minimum absolute atomic E-state index is 0. The maximum atomic E-state index is 12.7. The fourth-order valence-electron chi connectivity index (χ4n) is 3.36. The van der Waals surface area contributed by atoms with E-state index in [0.717, 1.165) is 17.3 Å². The fraction of sp³-hybridized carbons (Fsp3) is 0.533. The Morgan fingerprint density at radius 1 is 1.33 bits per heavy atom. The molecule has 3 rings (SSSR count). The largest absolute Gasteiger partial charge is 0.339 e. The zero-order chi connectivity index (χ0) is 14.3. The third-order valence-corrected chi connectivity index (χ3v) is 5.30. The lowest BCUT2D eigenvalue weighted by Gasteiger charge is -2.35. The molecular formula is C15H19BrCl2N2O. The Balaban J connectivity index is 0.00000161. The Bertz CT molecular complexity index is 528. The molecule has 2 atom stereocenters. The fourth-order valence-corrected chi connectivity index (χ4v) is 3.92. The summed E-state index contributed by atoms with van der Waals surface area (Å²) in [6.07, 6.45) is 4.57. The van der Waals surface area contributed by atoms with Gasteiger partial charge in [-0.3, -0.25) is 4.79 Å². The first-order valence-electron chi connectivity index (χ1n) is 7.03. The van der Waals surface area contributed by atoms with Gasteiger partial charge in [0.25, 0.3) is 5.91 Å². The van der Waals surface area contributed by atoms with Crippen LogP contribution >= 0.6 is 39.9 Å². The average Bonchev–Trinajstić information content (AvgIpc) is 2.78. The first kappa shape index (κ1) is 17.1. The summed E-state index contributed by atoms with van der Waals surface area (Å²) in [5, 5.41) is 4.12. The molecule has 0 spiro atoms. The third kappa shape index (κ3) is 3.55. The summed E-state index contributed by atoms with van der Waals surface area (Å²) in [4.78, 5) is 14.5. The van der Waals surface area contributed by atoms with E-state index in [1.807, 2.05) is 18.0 Å². The second kappa shape index (κ2) is 6.86. The molecule has 2 aliphatic heterocycles. The number of amides is 1. The molecule has 21 heavy (non-hydrogen) atoms. The number of nitrogens with zero attached hydrogens (tertiary/aromatic N) is 1. The number of rotatable bonds is 2. The lowest BCUT2D eigenvalue weighted by Crippen LogP contribution is -2.48. The molecule has 2 bridgehead atoms. The van der Waals surface area contributed by atoms with E-state index in [9.17, 15) is 4.79 Å². The van der Waals surface area contributed by atoms with Gasteiger partial charge in [-0.25, -0.2) is 0 Å². The number of carbonyl (C=O) groups excluding carboxylic acids is 1.